The lowest BCUT2D eigenvalue weighted by atomic mass is 13.9. The maximum atomic E-state index is 8.97. The molecule has 0 heterocycles. The molecule has 9 heavy (non-hydrogen) atoms. The molecule has 0 saturated carbocycles. The van der Waals surface area contributed by atoms with Crippen LogP contribution < -0.4 is 11.3 Å². The fourth-order valence-corrected chi connectivity index (χ4v) is 0. The van der Waals surface area contributed by atoms with Gasteiger partial charge in [0, 0.05) is 0 Å². The molecule has 0 aromatic rings. The molecule has 0 aliphatic rings. The Morgan fingerprint density at radius 1 is 1.44 bits per heavy atom. The standard InChI is InChI=1S/H3NO3S.H3N.H3O2P/c1-5(2,3)4;;1-3-2/h(H3,1,2,3,4);1H3;3H2,(H,1,2). The Morgan fingerprint density at radius 2 is 1.44 bits per heavy atom. The Labute approximate surface area is 53.6 Å². The van der Waals surface area contributed by atoms with Gasteiger partial charge in [0.2, 0.25) is 0 Å². The lowest BCUT2D eigenvalue weighted by Crippen LogP contribution is -2.08. The predicted molar refractivity (Wildman–Crippen MR) is 33.4 cm³/mol. The molecule has 0 spiro atoms. The Morgan fingerprint density at radius 3 is 1.44 bits per heavy atom. The second kappa shape index (κ2) is 8.02. The Hall–Kier alpha value is 0.0200. The molecule has 0 fully saturated rings. The zero-order chi connectivity index (χ0) is 7.21. The van der Waals surface area contributed by atoms with E-state index in [4.69, 9.17) is 22.4 Å². The van der Waals surface area contributed by atoms with Gasteiger partial charge in [-0.2, -0.15) is 8.42 Å². The maximum Gasteiger partial charge on any atom is 0.330 e. The predicted octanol–water partition coefficient (Wildman–Crippen LogP) is -1.44. The number of hydrogen-bond donors (Lipinski definition) is 4. The van der Waals surface area contributed by atoms with Crippen molar-refractivity contribution in [2.24, 2.45) is 5.14 Å². The lowest BCUT2D eigenvalue weighted by Gasteiger charge is -1.70. The maximum absolute atomic E-state index is 8.97. The van der Waals surface area contributed by atoms with Gasteiger partial charge in [-0.05, 0) is 0 Å². The summed E-state index contributed by atoms with van der Waals surface area (Å²) in [5.74, 6) is 0. The van der Waals surface area contributed by atoms with Crippen LogP contribution in [0.3, 0.4) is 0 Å². The largest absolute Gasteiger partial charge is 0.348 e. The quantitative estimate of drug-likeness (QED) is 0.264. The fourth-order valence-electron chi connectivity index (χ4n) is 0. The van der Waals surface area contributed by atoms with Gasteiger partial charge in [-0.3, -0.25) is 9.12 Å². The summed E-state index contributed by atoms with van der Waals surface area (Å²) in [4.78, 5) is 7.10. The van der Waals surface area contributed by atoms with Crippen molar-refractivity contribution in [3.63, 3.8) is 0 Å². The minimum Gasteiger partial charge on any atom is -0.348 e. The van der Waals surface area contributed by atoms with E-state index < -0.39 is 19.0 Å². The molecule has 0 aromatic carbocycles. The first-order valence-corrected chi connectivity index (χ1v) is 3.74. The van der Waals surface area contributed by atoms with Crippen LogP contribution in [0.15, 0.2) is 0 Å². The average Bonchev–Trinajstić information content (AvgIpc) is 1.27. The van der Waals surface area contributed by atoms with E-state index in [2.05, 4.69) is 5.14 Å². The van der Waals surface area contributed by atoms with Crippen LogP contribution in [0, 0.1) is 0 Å². The van der Waals surface area contributed by atoms with Crippen LogP contribution in [-0.4, -0.2) is 17.9 Å². The minimum absolute atomic E-state index is 0. The Kier molecular flexibility index (Phi) is 14.3. The van der Waals surface area contributed by atoms with Gasteiger partial charge in [-0.15, -0.1) is 0 Å². The summed E-state index contributed by atoms with van der Waals surface area (Å²) >= 11 is 0. The highest BCUT2D eigenvalue weighted by atomic mass is 32.2. The van der Waals surface area contributed by atoms with Crippen molar-refractivity contribution in [2.75, 3.05) is 0 Å². The van der Waals surface area contributed by atoms with Crippen LogP contribution >= 0.6 is 8.69 Å². The summed E-state index contributed by atoms with van der Waals surface area (Å²) in [6, 6.07) is 0. The van der Waals surface area contributed by atoms with Gasteiger partial charge in [-0.1, -0.05) is 0 Å². The molecule has 1 atom stereocenters. The third-order valence-electron chi connectivity index (χ3n) is 0. The molecule has 0 aliphatic heterocycles. The van der Waals surface area contributed by atoms with Crippen molar-refractivity contribution in [3.8, 4) is 0 Å². The Bertz CT molecular complexity index is 129. The van der Waals surface area contributed by atoms with Gasteiger partial charge in [0.1, 0.15) is 0 Å². The molecule has 0 saturated heterocycles. The highest BCUT2D eigenvalue weighted by Crippen LogP contribution is 1.66. The zero-order valence-corrected chi connectivity index (χ0v) is 6.36. The first kappa shape index (κ1) is 16.0. The summed E-state index contributed by atoms with van der Waals surface area (Å²) < 4.78 is 33.8. The van der Waals surface area contributed by atoms with Crippen molar-refractivity contribution in [1.82, 2.24) is 6.15 Å². The van der Waals surface area contributed by atoms with E-state index in [1.54, 1.807) is 0 Å². The second-order valence-corrected chi connectivity index (χ2v) is 1.86. The van der Waals surface area contributed by atoms with Crippen LogP contribution in [0.5, 0.6) is 0 Å². The molecule has 60 valence electrons. The molecule has 0 aromatic heterocycles. The van der Waals surface area contributed by atoms with Gasteiger partial charge in [0.05, 0.1) is 0 Å². The van der Waals surface area contributed by atoms with Crippen molar-refractivity contribution in [1.29, 1.82) is 0 Å². The summed E-state index contributed by atoms with van der Waals surface area (Å²) in [6.07, 6.45) is 0. The van der Waals surface area contributed by atoms with Crippen LogP contribution in [0.1, 0.15) is 0 Å². The first-order valence-electron chi connectivity index (χ1n) is 1.25. The summed E-state index contributed by atoms with van der Waals surface area (Å²) in [5.41, 5.74) is 0. The molecule has 0 amide bonds. The topological polar surface area (TPSA) is 153 Å². The van der Waals surface area contributed by atoms with Gasteiger partial charge in [0.25, 0.3) is 0 Å². The smallest absolute Gasteiger partial charge is 0.330 e. The molecule has 1 unspecified atom stereocenters. The SMILES string of the molecule is N.NS(=O)(=O)O.O=[PH2]O. The number of nitrogens with two attached hydrogens (primary N) is 1. The Balaban J connectivity index is -0.0000000800. The highest BCUT2D eigenvalue weighted by Gasteiger charge is 1.81. The third kappa shape index (κ3) is 727000. The molecule has 0 bridgehead atoms. The van der Waals surface area contributed by atoms with E-state index in [9.17, 15) is 0 Å². The van der Waals surface area contributed by atoms with Crippen molar-refractivity contribution < 1.29 is 22.4 Å². The molecular formula is H9N2O5PS. The number of rotatable bonds is 0. The monoisotopic (exact) mass is 180 g/mol. The van der Waals surface area contributed by atoms with Crippen LogP contribution in [0.4, 0.5) is 0 Å². The van der Waals surface area contributed by atoms with E-state index in [1.165, 1.54) is 0 Å². The molecule has 7 N–H and O–H groups in total. The molecular weight excluding hydrogens is 171 g/mol. The van der Waals surface area contributed by atoms with Crippen molar-refractivity contribution in [2.45, 2.75) is 0 Å². The molecule has 0 aliphatic carbocycles. The van der Waals surface area contributed by atoms with Crippen LogP contribution in [0.2, 0.25) is 0 Å². The third-order valence-corrected chi connectivity index (χ3v) is 0. The summed E-state index contributed by atoms with van der Waals surface area (Å²) in [5, 5.41) is 3.88. The van der Waals surface area contributed by atoms with E-state index in [0.717, 1.165) is 0 Å². The van der Waals surface area contributed by atoms with E-state index in [-0.39, 0.29) is 6.15 Å². The summed E-state index contributed by atoms with van der Waals surface area (Å²) in [6.45, 7) is 0. The minimum atomic E-state index is -4.17. The van der Waals surface area contributed by atoms with E-state index >= 15 is 0 Å². The van der Waals surface area contributed by atoms with E-state index in [0.29, 0.717) is 0 Å². The molecule has 0 rings (SSSR count). The molecule has 0 radical (unpaired) electrons. The van der Waals surface area contributed by atoms with Gasteiger partial charge in [-0.25, -0.2) is 5.14 Å². The first-order chi connectivity index (χ1) is 3.41. The van der Waals surface area contributed by atoms with Crippen LogP contribution in [-0.2, 0) is 14.9 Å². The van der Waals surface area contributed by atoms with E-state index in [1.807, 2.05) is 0 Å². The zero-order valence-electron chi connectivity index (χ0n) is 4.39. The van der Waals surface area contributed by atoms with Crippen molar-refractivity contribution >= 4 is 19.0 Å². The average molecular weight is 180 g/mol. The van der Waals surface area contributed by atoms with Gasteiger partial charge >= 0.3 is 10.3 Å². The molecule has 7 nitrogen and oxygen atoms in total. The molecule has 9 heteroatoms. The van der Waals surface area contributed by atoms with Gasteiger partial charge in [0.15, 0.2) is 8.69 Å². The highest BCUT2D eigenvalue weighted by molar-refractivity contribution is 7.83. The van der Waals surface area contributed by atoms with Gasteiger partial charge < -0.3 is 11.0 Å². The normalized spacial score (nSPS) is 9.67. The van der Waals surface area contributed by atoms with Crippen LogP contribution in [0.25, 0.3) is 0 Å². The van der Waals surface area contributed by atoms with Crippen molar-refractivity contribution in [3.05, 3.63) is 0 Å². The summed E-state index contributed by atoms with van der Waals surface area (Å²) in [7, 11) is -5.67. The lowest BCUT2D eigenvalue weighted by molar-refractivity contribution is 0.485. The second-order valence-electron chi connectivity index (χ2n) is 0.620. The fraction of sp³-hybridized carbons (Fsp3) is 0. The number of hydrogen-bond acceptors (Lipinski definition) is 4.